The SMILES string of the molecule is Cc1cn(-c2cccc3[nH]c(-c4n[nH]c5ncc(-c6cncc(NC7OC7C7CCCCC7)c6)cc45)nc23)cn1. The van der Waals surface area contributed by atoms with E-state index in [0.29, 0.717) is 23.5 Å². The van der Waals surface area contributed by atoms with Gasteiger partial charge in [0, 0.05) is 29.7 Å². The fourth-order valence-corrected chi connectivity index (χ4v) is 6.03. The number of aromatic amines is 2. The molecule has 1 aliphatic carbocycles. The molecule has 10 heteroatoms. The first-order valence-electron chi connectivity index (χ1n) is 13.9. The van der Waals surface area contributed by atoms with Crippen molar-refractivity contribution >= 4 is 27.8 Å². The van der Waals surface area contributed by atoms with E-state index in [-0.39, 0.29) is 6.23 Å². The van der Waals surface area contributed by atoms with E-state index in [1.165, 1.54) is 32.1 Å². The number of nitrogens with one attached hydrogen (secondary N) is 3. The highest BCUT2D eigenvalue weighted by Gasteiger charge is 2.45. The summed E-state index contributed by atoms with van der Waals surface area (Å²) in [5, 5.41) is 12.1. The molecule has 2 unspecified atom stereocenters. The van der Waals surface area contributed by atoms with E-state index >= 15 is 0 Å². The van der Waals surface area contributed by atoms with Crippen molar-refractivity contribution < 1.29 is 4.74 Å². The third-order valence-corrected chi connectivity index (χ3v) is 8.14. The number of fused-ring (bicyclic) bond motifs is 2. The van der Waals surface area contributed by atoms with Crippen molar-refractivity contribution in [2.24, 2.45) is 5.92 Å². The second-order valence-corrected chi connectivity index (χ2v) is 10.9. The molecule has 3 N–H and O–H groups in total. The van der Waals surface area contributed by atoms with Gasteiger partial charge < -0.3 is 19.6 Å². The minimum Gasteiger partial charge on any atom is -0.357 e. The van der Waals surface area contributed by atoms with E-state index in [1.54, 1.807) is 6.33 Å². The molecule has 40 heavy (non-hydrogen) atoms. The van der Waals surface area contributed by atoms with Crippen LogP contribution >= 0.6 is 0 Å². The normalized spacial score (nSPS) is 19.4. The van der Waals surface area contributed by atoms with Gasteiger partial charge in [-0.05, 0) is 49.9 Å². The molecule has 6 aromatic rings. The van der Waals surface area contributed by atoms with Gasteiger partial charge in [0.15, 0.2) is 17.7 Å². The van der Waals surface area contributed by atoms with Crippen LogP contribution in [0.3, 0.4) is 0 Å². The maximum atomic E-state index is 6.00. The zero-order valence-electron chi connectivity index (χ0n) is 22.1. The summed E-state index contributed by atoms with van der Waals surface area (Å²) in [4.78, 5) is 21.9. The molecule has 1 aliphatic heterocycles. The van der Waals surface area contributed by atoms with Crippen molar-refractivity contribution in [1.82, 2.24) is 39.7 Å². The molecule has 10 nitrogen and oxygen atoms in total. The zero-order valence-corrected chi connectivity index (χ0v) is 22.1. The summed E-state index contributed by atoms with van der Waals surface area (Å²) in [5.74, 6) is 1.35. The number of epoxide rings is 1. The van der Waals surface area contributed by atoms with Crippen LogP contribution in [0.25, 0.3) is 50.4 Å². The minimum atomic E-state index is 0.0745. The first kappa shape index (κ1) is 23.3. The minimum absolute atomic E-state index is 0.0745. The van der Waals surface area contributed by atoms with Gasteiger partial charge in [0.2, 0.25) is 0 Å². The van der Waals surface area contributed by atoms with Gasteiger partial charge in [-0.2, -0.15) is 5.10 Å². The Morgan fingerprint density at radius 2 is 1.93 bits per heavy atom. The zero-order chi connectivity index (χ0) is 26.6. The summed E-state index contributed by atoms with van der Waals surface area (Å²) in [7, 11) is 0. The van der Waals surface area contributed by atoms with Crippen LogP contribution in [-0.2, 0) is 4.74 Å². The van der Waals surface area contributed by atoms with Gasteiger partial charge in [-0.3, -0.25) is 10.1 Å². The van der Waals surface area contributed by atoms with E-state index < -0.39 is 0 Å². The molecule has 8 rings (SSSR count). The smallest absolute Gasteiger partial charge is 0.159 e. The summed E-state index contributed by atoms with van der Waals surface area (Å²) in [6, 6.07) is 10.3. The number of H-pyrrole nitrogens is 2. The van der Waals surface area contributed by atoms with E-state index in [4.69, 9.17) is 9.72 Å². The van der Waals surface area contributed by atoms with Crippen LogP contribution in [-0.4, -0.2) is 52.0 Å². The third kappa shape index (κ3) is 4.12. The molecule has 1 aromatic carbocycles. The summed E-state index contributed by atoms with van der Waals surface area (Å²) in [6.45, 7) is 1.97. The molecule has 2 fully saturated rings. The summed E-state index contributed by atoms with van der Waals surface area (Å²) in [5.41, 5.74) is 8.00. The Hall–Kier alpha value is -4.57. The van der Waals surface area contributed by atoms with Gasteiger partial charge in [-0.1, -0.05) is 25.3 Å². The number of nitrogens with zero attached hydrogens (tertiary/aromatic N) is 6. The van der Waals surface area contributed by atoms with E-state index in [2.05, 4.69) is 47.6 Å². The average molecular weight is 532 g/mol. The molecular weight excluding hydrogens is 502 g/mol. The number of hydrogen-bond acceptors (Lipinski definition) is 7. The quantitative estimate of drug-likeness (QED) is 0.233. The molecule has 0 bridgehead atoms. The Bertz CT molecular complexity index is 1840. The van der Waals surface area contributed by atoms with Crippen molar-refractivity contribution in [1.29, 1.82) is 0 Å². The number of anilines is 1. The average Bonchev–Trinajstić information content (AvgIpc) is 3.31. The topological polar surface area (TPSA) is 126 Å². The summed E-state index contributed by atoms with van der Waals surface area (Å²) >= 11 is 0. The van der Waals surface area contributed by atoms with E-state index in [9.17, 15) is 0 Å². The molecule has 2 aliphatic rings. The summed E-state index contributed by atoms with van der Waals surface area (Å²) < 4.78 is 7.99. The highest BCUT2D eigenvalue weighted by molar-refractivity contribution is 5.94. The fraction of sp³-hybridized carbons (Fsp3) is 0.300. The second-order valence-electron chi connectivity index (χ2n) is 10.9. The van der Waals surface area contributed by atoms with Crippen LogP contribution in [0.1, 0.15) is 37.8 Å². The van der Waals surface area contributed by atoms with Crippen molar-refractivity contribution in [2.45, 2.75) is 51.4 Å². The monoisotopic (exact) mass is 531 g/mol. The Morgan fingerprint density at radius 3 is 2.80 bits per heavy atom. The van der Waals surface area contributed by atoms with Crippen LogP contribution in [0, 0.1) is 12.8 Å². The molecule has 5 aromatic heterocycles. The Balaban J connectivity index is 1.10. The van der Waals surface area contributed by atoms with Gasteiger partial charge in [-0.25, -0.2) is 15.0 Å². The molecule has 0 radical (unpaired) electrons. The molecule has 0 spiro atoms. The van der Waals surface area contributed by atoms with Gasteiger partial charge >= 0.3 is 0 Å². The predicted octanol–water partition coefficient (Wildman–Crippen LogP) is 5.77. The van der Waals surface area contributed by atoms with E-state index in [1.807, 2.05) is 54.5 Å². The lowest BCUT2D eigenvalue weighted by atomic mass is 9.87. The number of hydrogen-bond donors (Lipinski definition) is 3. The second kappa shape index (κ2) is 9.27. The highest BCUT2D eigenvalue weighted by atomic mass is 16.6. The lowest BCUT2D eigenvalue weighted by molar-refractivity contribution is 0.263. The van der Waals surface area contributed by atoms with Crippen molar-refractivity contribution in [3.8, 4) is 28.3 Å². The largest absolute Gasteiger partial charge is 0.357 e. The van der Waals surface area contributed by atoms with E-state index in [0.717, 1.165) is 50.3 Å². The molecule has 0 amide bonds. The molecule has 6 heterocycles. The van der Waals surface area contributed by atoms with Crippen LogP contribution in [0.15, 0.2) is 61.4 Å². The van der Waals surface area contributed by atoms with Crippen LogP contribution < -0.4 is 5.32 Å². The Kier molecular flexibility index (Phi) is 5.41. The van der Waals surface area contributed by atoms with Crippen LogP contribution in [0.4, 0.5) is 5.69 Å². The van der Waals surface area contributed by atoms with Crippen LogP contribution in [0.5, 0.6) is 0 Å². The number of aryl methyl sites for hydroxylation is 1. The van der Waals surface area contributed by atoms with Crippen molar-refractivity contribution in [3.05, 3.63) is 67.1 Å². The number of benzene rings is 1. The predicted molar refractivity (Wildman–Crippen MR) is 153 cm³/mol. The standard InChI is InChI=1S/C30H29N9O/c1-17-15-39(16-33-17)24-9-5-8-23-26(24)36-29(35-23)25-22-11-20(13-32-28(22)38-37-25)19-10-21(14-31-12-19)34-30-27(40-30)18-6-3-2-4-7-18/h5,8-16,18,27,30,34H,2-4,6-7H2,1H3,(H,35,36)(H,32,37,38). The number of para-hydroxylation sites is 1. The Labute approximate surface area is 230 Å². The van der Waals surface area contributed by atoms with Gasteiger partial charge in [0.05, 0.1) is 40.5 Å². The van der Waals surface area contributed by atoms with Gasteiger partial charge in [-0.15, -0.1) is 0 Å². The fourth-order valence-electron chi connectivity index (χ4n) is 6.03. The first-order chi connectivity index (χ1) is 19.7. The van der Waals surface area contributed by atoms with Crippen LogP contribution in [0.2, 0.25) is 0 Å². The lowest BCUT2D eigenvalue weighted by Gasteiger charge is -2.19. The van der Waals surface area contributed by atoms with Gasteiger partial charge in [0.25, 0.3) is 0 Å². The van der Waals surface area contributed by atoms with Crippen molar-refractivity contribution in [2.75, 3.05) is 5.32 Å². The number of imidazole rings is 2. The van der Waals surface area contributed by atoms with Crippen molar-refractivity contribution in [3.63, 3.8) is 0 Å². The maximum Gasteiger partial charge on any atom is 0.159 e. The molecular formula is C30H29N9O. The molecule has 2 atom stereocenters. The highest BCUT2D eigenvalue weighted by Crippen LogP contribution is 2.39. The number of ether oxygens (including phenoxy) is 1. The lowest BCUT2D eigenvalue weighted by Crippen LogP contribution is -2.18. The summed E-state index contributed by atoms with van der Waals surface area (Å²) in [6.07, 6.45) is 16.3. The number of rotatable bonds is 6. The van der Waals surface area contributed by atoms with Gasteiger partial charge in [0.1, 0.15) is 17.3 Å². The molecule has 1 saturated heterocycles. The first-order valence-corrected chi connectivity index (χ1v) is 13.9. The molecule has 1 saturated carbocycles. The Morgan fingerprint density at radius 1 is 1.02 bits per heavy atom. The number of aromatic nitrogens is 8. The maximum absolute atomic E-state index is 6.00. The molecule has 200 valence electrons. The number of pyridine rings is 2. The third-order valence-electron chi connectivity index (χ3n) is 8.14.